The van der Waals surface area contributed by atoms with Crippen molar-refractivity contribution in [3.8, 4) is 11.8 Å². The Balaban J connectivity index is 2.48. The highest BCUT2D eigenvalue weighted by molar-refractivity contribution is 6.18. The summed E-state index contributed by atoms with van der Waals surface area (Å²) in [5.74, 6) is 1.04. The van der Waals surface area contributed by atoms with Gasteiger partial charge in [0.2, 0.25) is 0 Å². The SMILES string of the molecule is C\C=C/C(=N/C(C)=C/CC)c1ccc(C(C)(C)c2cc(C#N)c(OCCCl)c(CC)c2)cc1. The Morgan fingerprint density at radius 1 is 1.15 bits per heavy atom. The fourth-order valence-corrected chi connectivity index (χ4v) is 3.89. The van der Waals surface area contributed by atoms with Crippen LogP contribution in [0.15, 0.2) is 65.3 Å². The molecule has 2 aromatic carbocycles. The smallest absolute Gasteiger partial charge is 0.140 e. The van der Waals surface area contributed by atoms with Gasteiger partial charge in [0.05, 0.1) is 17.2 Å². The van der Waals surface area contributed by atoms with Gasteiger partial charge < -0.3 is 4.74 Å². The number of benzene rings is 2. The van der Waals surface area contributed by atoms with E-state index >= 15 is 0 Å². The zero-order valence-electron chi connectivity index (χ0n) is 20.7. The van der Waals surface area contributed by atoms with Crippen molar-refractivity contribution < 1.29 is 4.74 Å². The topological polar surface area (TPSA) is 45.4 Å². The molecule has 0 N–H and O–H groups in total. The number of halogens is 1. The Hall–Kier alpha value is -2.83. The molecule has 0 atom stereocenters. The van der Waals surface area contributed by atoms with Gasteiger partial charge in [-0.25, -0.2) is 0 Å². The number of hydrogen-bond donors (Lipinski definition) is 0. The Bertz CT molecular complexity index is 1070. The van der Waals surface area contributed by atoms with E-state index in [2.05, 4.69) is 70.2 Å². The summed E-state index contributed by atoms with van der Waals surface area (Å²) < 4.78 is 5.81. The predicted octanol–water partition coefficient (Wildman–Crippen LogP) is 7.74. The first-order chi connectivity index (χ1) is 15.8. The predicted molar refractivity (Wildman–Crippen MR) is 141 cm³/mol. The molecule has 0 aromatic heterocycles. The van der Waals surface area contributed by atoms with Gasteiger partial charge in [-0.2, -0.15) is 5.26 Å². The number of rotatable bonds is 10. The first-order valence-corrected chi connectivity index (χ1v) is 12.1. The lowest BCUT2D eigenvalue weighted by molar-refractivity contribution is 0.338. The van der Waals surface area contributed by atoms with Crippen molar-refractivity contribution in [3.05, 3.63) is 88.1 Å². The van der Waals surface area contributed by atoms with Gasteiger partial charge in [0.15, 0.2) is 0 Å². The Morgan fingerprint density at radius 2 is 1.85 bits per heavy atom. The second-order valence-corrected chi connectivity index (χ2v) is 8.85. The lowest BCUT2D eigenvalue weighted by Gasteiger charge is -2.28. The summed E-state index contributed by atoms with van der Waals surface area (Å²) in [6.07, 6.45) is 7.92. The van der Waals surface area contributed by atoms with Crippen LogP contribution in [0.4, 0.5) is 0 Å². The van der Waals surface area contributed by atoms with Gasteiger partial charge in [-0.15, -0.1) is 11.6 Å². The summed E-state index contributed by atoms with van der Waals surface area (Å²) in [5.41, 5.74) is 6.60. The van der Waals surface area contributed by atoms with Gasteiger partial charge in [0.1, 0.15) is 18.4 Å². The maximum atomic E-state index is 9.77. The van der Waals surface area contributed by atoms with Crippen LogP contribution in [0.5, 0.6) is 5.75 Å². The molecule has 2 aromatic rings. The molecule has 0 bridgehead atoms. The van der Waals surface area contributed by atoms with E-state index < -0.39 is 0 Å². The van der Waals surface area contributed by atoms with Gasteiger partial charge in [-0.3, -0.25) is 4.99 Å². The maximum absolute atomic E-state index is 9.77. The van der Waals surface area contributed by atoms with E-state index in [1.807, 2.05) is 32.1 Å². The highest BCUT2D eigenvalue weighted by atomic mass is 35.5. The van der Waals surface area contributed by atoms with E-state index in [0.717, 1.165) is 40.9 Å². The van der Waals surface area contributed by atoms with E-state index in [4.69, 9.17) is 21.3 Å². The average Bonchev–Trinajstić information content (AvgIpc) is 2.82. The minimum atomic E-state index is -0.283. The molecule has 0 aliphatic carbocycles. The minimum absolute atomic E-state index is 0.283. The molecule has 33 heavy (non-hydrogen) atoms. The van der Waals surface area contributed by atoms with E-state index in [1.165, 1.54) is 5.56 Å². The molecule has 0 radical (unpaired) electrons. The minimum Gasteiger partial charge on any atom is -0.491 e. The van der Waals surface area contributed by atoms with Crippen molar-refractivity contribution in [2.75, 3.05) is 12.5 Å². The molecule has 0 saturated carbocycles. The van der Waals surface area contributed by atoms with Crippen molar-refractivity contribution in [3.63, 3.8) is 0 Å². The van der Waals surface area contributed by atoms with Crippen LogP contribution >= 0.6 is 11.6 Å². The molecule has 0 aliphatic rings. The summed E-state index contributed by atoms with van der Waals surface area (Å²) >= 11 is 5.80. The molecule has 0 spiro atoms. The van der Waals surface area contributed by atoms with Crippen LogP contribution in [0.2, 0.25) is 0 Å². The summed E-state index contributed by atoms with van der Waals surface area (Å²) in [7, 11) is 0. The molecule has 4 heteroatoms. The van der Waals surface area contributed by atoms with E-state index in [-0.39, 0.29) is 5.41 Å². The number of aryl methyl sites for hydroxylation is 1. The number of alkyl halides is 1. The normalized spacial score (nSPS) is 12.8. The maximum Gasteiger partial charge on any atom is 0.140 e. The number of allylic oxidation sites excluding steroid dienone is 4. The molecule has 0 unspecified atom stereocenters. The number of hydrogen-bond acceptors (Lipinski definition) is 3. The van der Waals surface area contributed by atoms with Crippen LogP contribution in [-0.4, -0.2) is 18.2 Å². The van der Waals surface area contributed by atoms with Crippen LogP contribution < -0.4 is 4.74 Å². The van der Waals surface area contributed by atoms with Gasteiger partial charge in [0, 0.05) is 16.7 Å². The summed E-state index contributed by atoms with van der Waals surface area (Å²) in [4.78, 5) is 4.79. The highest BCUT2D eigenvalue weighted by Gasteiger charge is 2.26. The molecular weight excluding hydrogens is 428 g/mol. The first-order valence-electron chi connectivity index (χ1n) is 11.6. The first kappa shape index (κ1) is 26.4. The molecule has 3 nitrogen and oxygen atoms in total. The monoisotopic (exact) mass is 462 g/mol. The summed E-state index contributed by atoms with van der Waals surface area (Å²) in [6, 6.07) is 15.0. The second kappa shape index (κ2) is 12.4. The third-order valence-corrected chi connectivity index (χ3v) is 5.89. The molecule has 0 saturated heterocycles. The molecule has 0 aliphatic heterocycles. The second-order valence-electron chi connectivity index (χ2n) is 8.47. The molecular formula is C29H35ClN2O. The summed E-state index contributed by atoms with van der Waals surface area (Å²) in [5, 5.41) is 9.77. The quantitative estimate of drug-likeness (QED) is 0.267. The van der Waals surface area contributed by atoms with Gasteiger partial charge in [0.25, 0.3) is 0 Å². The molecule has 2 rings (SSSR count). The molecule has 0 fully saturated rings. The van der Waals surface area contributed by atoms with Crippen molar-refractivity contribution in [2.45, 2.75) is 59.8 Å². The largest absolute Gasteiger partial charge is 0.491 e. The number of nitrogens with zero attached hydrogens (tertiary/aromatic N) is 2. The summed E-state index contributed by atoms with van der Waals surface area (Å²) in [6.45, 7) is 13.0. The van der Waals surface area contributed by atoms with Gasteiger partial charge >= 0.3 is 0 Å². The standard InChI is InChI=1S/C29H35ClN2O/c1-7-10-21(4)32-27(11-8-2)23-12-14-25(15-13-23)29(5,6)26-18-22(9-3)28(33-17-16-30)24(19-26)20-31/h8,10-15,18-19H,7,9,16-17H2,1-6H3/b11-8-,21-10+,32-27-. The van der Waals surface area contributed by atoms with E-state index in [9.17, 15) is 5.26 Å². The average molecular weight is 463 g/mol. The number of nitriles is 1. The van der Waals surface area contributed by atoms with Crippen molar-refractivity contribution in [1.29, 1.82) is 5.26 Å². The zero-order chi connectivity index (χ0) is 24.4. The van der Waals surface area contributed by atoms with Gasteiger partial charge in [-0.1, -0.05) is 70.2 Å². The van der Waals surface area contributed by atoms with Crippen molar-refractivity contribution >= 4 is 17.3 Å². The third-order valence-electron chi connectivity index (χ3n) is 5.74. The van der Waals surface area contributed by atoms with Crippen molar-refractivity contribution in [2.24, 2.45) is 4.99 Å². The molecule has 0 heterocycles. The zero-order valence-corrected chi connectivity index (χ0v) is 21.5. The Labute approximate surface area is 204 Å². The van der Waals surface area contributed by atoms with E-state index in [0.29, 0.717) is 23.8 Å². The lowest BCUT2D eigenvalue weighted by atomic mass is 9.76. The Kier molecular flexibility index (Phi) is 9.95. The van der Waals surface area contributed by atoms with Crippen LogP contribution in [0.25, 0.3) is 0 Å². The van der Waals surface area contributed by atoms with Crippen LogP contribution in [0, 0.1) is 11.3 Å². The molecule has 0 amide bonds. The van der Waals surface area contributed by atoms with Crippen LogP contribution in [0.3, 0.4) is 0 Å². The van der Waals surface area contributed by atoms with E-state index in [1.54, 1.807) is 0 Å². The Morgan fingerprint density at radius 3 is 2.39 bits per heavy atom. The lowest BCUT2D eigenvalue weighted by Crippen LogP contribution is -2.20. The van der Waals surface area contributed by atoms with Crippen molar-refractivity contribution in [1.82, 2.24) is 0 Å². The van der Waals surface area contributed by atoms with Crippen LogP contribution in [-0.2, 0) is 11.8 Å². The molecule has 174 valence electrons. The fraction of sp³-hybridized carbons (Fsp3) is 0.379. The highest BCUT2D eigenvalue weighted by Crippen LogP contribution is 2.36. The van der Waals surface area contributed by atoms with Gasteiger partial charge in [-0.05, 0) is 55.5 Å². The number of ether oxygens (including phenoxy) is 1. The van der Waals surface area contributed by atoms with Crippen LogP contribution in [0.1, 0.15) is 75.8 Å². The fourth-order valence-electron chi connectivity index (χ4n) is 3.82. The third kappa shape index (κ3) is 6.59. The number of aliphatic imine (C=N–C) groups is 1.